The molecule has 70 valence electrons. The van der Waals surface area contributed by atoms with Crippen LogP contribution in [0.25, 0.3) is 0 Å². The van der Waals surface area contributed by atoms with E-state index in [9.17, 15) is 9.59 Å². The highest BCUT2D eigenvalue weighted by molar-refractivity contribution is 5.67. The molecule has 0 aliphatic rings. The lowest BCUT2D eigenvalue weighted by molar-refractivity contribution is -0.139. The van der Waals surface area contributed by atoms with Crippen LogP contribution in [0.4, 0.5) is 0 Å². The Morgan fingerprint density at radius 3 is 1.33 bits per heavy atom. The van der Waals surface area contributed by atoms with E-state index in [1.807, 2.05) is 0 Å². The standard InChI is InChI=1S/C6H10O4.HNO/c7-5(8)3-1-2-4-6(9)10;1-2/h1-4H2,(H,7,8)(H,9,10);1H. The molecule has 0 aromatic carbocycles. The van der Waals surface area contributed by atoms with Gasteiger partial charge in [0.2, 0.25) is 0 Å². The number of nitroso groups, excluding NO2 is 1. The van der Waals surface area contributed by atoms with Crippen molar-refractivity contribution in [2.24, 2.45) is 0 Å². The van der Waals surface area contributed by atoms with E-state index < -0.39 is 11.9 Å². The van der Waals surface area contributed by atoms with Crippen LogP contribution in [0.15, 0.2) is 0 Å². The number of carboxylic acids is 2. The minimum Gasteiger partial charge on any atom is -0.481 e. The number of carbonyl (C=O) groups is 2. The van der Waals surface area contributed by atoms with Crippen LogP contribution in [0.1, 0.15) is 25.7 Å². The predicted molar refractivity (Wildman–Crippen MR) is 39.8 cm³/mol. The van der Waals surface area contributed by atoms with Crippen molar-refractivity contribution < 1.29 is 19.8 Å². The lowest BCUT2D eigenvalue weighted by Gasteiger charge is -1.92. The minimum atomic E-state index is -0.870. The molecule has 0 saturated heterocycles. The Kier molecular flexibility index (Phi) is 10.5. The molecule has 0 radical (unpaired) electrons. The van der Waals surface area contributed by atoms with Gasteiger partial charge >= 0.3 is 11.9 Å². The first-order chi connectivity index (χ1) is 5.63. The van der Waals surface area contributed by atoms with E-state index in [1.54, 1.807) is 0 Å². The number of carboxylic acid groups (broad SMARTS) is 2. The van der Waals surface area contributed by atoms with Crippen LogP contribution in [0.3, 0.4) is 0 Å². The summed E-state index contributed by atoms with van der Waals surface area (Å²) >= 11 is 0. The Labute approximate surface area is 69.0 Å². The third-order valence-corrected chi connectivity index (χ3v) is 1.03. The van der Waals surface area contributed by atoms with Gasteiger partial charge in [-0.15, -0.1) is 0 Å². The Morgan fingerprint density at radius 2 is 1.17 bits per heavy atom. The molecule has 6 heteroatoms. The zero-order chi connectivity index (χ0) is 9.98. The van der Waals surface area contributed by atoms with Crippen LogP contribution in [0.2, 0.25) is 0 Å². The van der Waals surface area contributed by atoms with Gasteiger partial charge in [0.1, 0.15) is 0 Å². The van der Waals surface area contributed by atoms with Crippen molar-refractivity contribution in [2.75, 3.05) is 0 Å². The Morgan fingerprint density at radius 1 is 0.917 bits per heavy atom. The normalized spacial score (nSPS) is 8.00. The van der Waals surface area contributed by atoms with Crippen LogP contribution in [-0.2, 0) is 9.59 Å². The van der Waals surface area contributed by atoms with Gasteiger partial charge in [0, 0.05) is 12.8 Å². The SMILES string of the molecule is N=O.O=C(O)CCCCC(=O)O. The van der Waals surface area contributed by atoms with Crippen molar-refractivity contribution in [1.82, 2.24) is 0 Å². The molecular formula is C6H11NO5. The van der Waals surface area contributed by atoms with Crippen molar-refractivity contribution in [2.45, 2.75) is 25.7 Å². The van der Waals surface area contributed by atoms with Crippen LogP contribution >= 0.6 is 0 Å². The van der Waals surface area contributed by atoms with Gasteiger partial charge in [-0.25, -0.2) is 0 Å². The second-order valence-electron chi connectivity index (χ2n) is 1.99. The molecule has 0 unspecified atom stereocenters. The number of rotatable bonds is 5. The topological polar surface area (TPSA) is 116 Å². The highest BCUT2D eigenvalue weighted by atomic mass is 16.4. The smallest absolute Gasteiger partial charge is 0.303 e. The molecule has 0 bridgehead atoms. The maximum Gasteiger partial charge on any atom is 0.303 e. The zero-order valence-corrected chi connectivity index (χ0v) is 6.45. The van der Waals surface area contributed by atoms with E-state index in [1.165, 1.54) is 0 Å². The first-order valence-corrected chi connectivity index (χ1v) is 3.27. The van der Waals surface area contributed by atoms with Crippen molar-refractivity contribution in [3.05, 3.63) is 4.91 Å². The zero-order valence-electron chi connectivity index (χ0n) is 6.45. The fourth-order valence-electron chi connectivity index (χ4n) is 0.552. The summed E-state index contributed by atoms with van der Waals surface area (Å²) < 4.78 is 0. The van der Waals surface area contributed by atoms with E-state index >= 15 is 0 Å². The van der Waals surface area contributed by atoms with E-state index in [0.717, 1.165) is 0 Å². The molecule has 0 aromatic rings. The summed E-state index contributed by atoms with van der Waals surface area (Å²) in [6.45, 7) is 0. The molecule has 0 fully saturated rings. The van der Waals surface area contributed by atoms with E-state index in [2.05, 4.69) is 5.59 Å². The fourth-order valence-corrected chi connectivity index (χ4v) is 0.552. The third-order valence-electron chi connectivity index (χ3n) is 1.03. The van der Waals surface area contributed by atoms with Crippen molar-refractivity contribution >= 4 is 11.9 Å². The molecule has 0 aliphatic heterocycles. The fraction of sp³-hybridized carbons (Fsp3) is 0.667. The van der Waals surface area contributed by atoms with Gasteiger partial charge in [-0.05, 0) is 12.8 Å². The summed E-state index contributed by atoms with van der Waals surface area (Å²) in [6.07, 6.45) is 1.02. The molecule has 0 aliphatic carbocycles. The quantitative estimate of drug-likeness (QED) is 0.428. The molecular weight excluding hydrogens is 166 g/mol. The number of hydrogen-bond donors (Lipinski definition) is 3. The molecule has 0 heterocycles. The number of unbranched alkanes of at least 4 members (excludes halogenated alkanes) is 1. The number of nitrogens with one attached hydrogen (secondary N) is 1. The first kappa shape index (κ1) is 13.2. The molecule has 0 aromatic heterocycles. The van der Waals surface area contributed by atoms with E-state index in [0.29, 0.717) is 12.8 Å². The molecule has 3 N–H and O–H groups in total. The maximum absolute atomic E-state index is 9.90. The minimum absolute atomic E-state index is 0.0628. The molecule has 0 saturated carbocycles. The second-order valence-corrected chi connectivity index (χ2v) is 1.99. The van der Waals surface area contributed by atoms with Gasteiger partial charge in [-0.1, -0.05) is 5.59 Å². The summed E-state index contributed by atoms with van der Waals surface area (Å²) in [5, 5.41) is 16.3. The lowest BCUT2D eigenvalue weighted by Crippen LogP contribution is -1.97. The van der Waals surface area contributed by atoms with Gasteiger partial charge in [-0.2, -0.15) is 4.91 Å². The van der Waals surface area contributed by atoms with Crippen molar-refractivity contribution in [3.8, 4) is 0 Å². The number of hydrogen-bond acceptors (Lipinski definition) is 4. The monoisotopic (exact) mass is 177 g/mol. The van der Waals surface area contributed by atoms with Gasteiger partial charge in [0.05, 0.1) is 0 Å². The van der Waals surface area contributed by atoms with Gasteiger partial charge in [-0.3, -0.25) is 9.59 Å². The van der Waals surface area contributed by atoms with Crippen LogP contribution < -0.4 is 0 Å². The summed E-state index contributed by atoms with van der Waals surface area (Å²) in [7, 11) is 0. The Hall–Kier alpha value is -1.46. The largest absolute Gasteiger partial charge is 0.481 e. The van der Waals surface area contributed by atoms with Gasteiger partial charge < -0.3 is 10.2 Å². The highest BCUT2D eigenvalue weighted by Gasteiger charge is 1.99. The summed E-state index contributed by atoms with van der Waals surface area (Å²) in [5.74, 6) is -1.74. The molecule has 0 rings (SSSR count). The molecule has 12 heavy (non-hydrogen) atoms. The predicted octanol–water partition coefficient (Wildman–Crippen LogP) is 1.05. The Bertz CT molecular complexity index is 131. The lowest BCUT2D eigenvalue weighted by atomic mass is 10.2. The van der Waals surface area contributed by atoms with Crippen LogP contribution in [0, 0.1) is 10.5 Å². The molecule has 0 spiro atoms. The van der Waals surface area contributed by atoms with Gasteiger partial charge in [0.25, 0.3) is 0 Å². The second kappa shape index (κ2) is 9.54. The van der Waals surface area contributed by atoms with Gasteiger partial charge in [0.15, 0.2) is 0 Å². The summed E-state index contributed by atoms with van der Waals surface area (Å²) in [5.41, 5.74) is 4.50. The maximum atomic E-state index is 9.90. The highest BCUT2D eigenvalue weighted by Crippen LogP contribution is 1.98. The van der Waals surface area contributed by atoms with E-state index in [-0.39, 0.29) is 12.8 Å². The molecule has 0 amide bonds. The molecule has 6 nitrogen and oxygen atoms in total. The average Bonchev–Trinajstić information content (AvgIpc) is 2.02. The van der Waals surface area contributed by atoms with Crippen LogP contribution in [-0.4, -0.2) is 22.2 Å². The number of aliphatic carboxylic acids is 2. The Balaban J connectivity index is 0. The average molecular weight is 177 g/mol. The van der Waals surface area contributed by atoms with Crippen LogP contribution in [0.5, 0.6) is 0 Å². The molecule has 0 atom stereocenters. The summed E-state index contributed by atoms with van der Waals surface area (Å²) in [6, 6.07) is 0. The third kappa shape index (κ3) is 15.8. The van der Waals surface area contributed by atoms with Crippen molar-refractivity contribution in [3.63, 3.8) is 0 Å². The van der Waals surface area contributed by atoms with E-state index in [4.69, 9.17) is 15.1 Å². The first-order valence-electron chi connectivity index (χ1n) is 3.27. The summed E-state index contributed by atoms with van der Waals surface area (Å²) in [4.78, 5) is 27.3. The van der Waals surface area contributed by atoms with Crippen molar-refractivity contribution in [1.29, 1.82) is 5.59 Å².